The van der Waals surface area contributed by atoms with E-state index in [1.54, 1.807) is 0 Å². The van der Waals surface area contributed by atoms with Crippen LogP contribution >= 0.6 is 0 Å². The number of halogens is 3. The SMILES string of the molecule is CC#CC1(C(F)(F)F)OC(=O)Nc2ccccc21. The topological polar surface area (TPSA) is 38.3 Å². The van der Waals surface area contributed by atoms with Crippen molar-refractivity contribution in [2.75, 3.05) is 5.32 Å². The number of nitrogens with one attached hydrogen (secondary N) is 1. The van der Waals surface area contributed by atoms with Crippen LogP contribution in [-0.2, 0) is 10.3 Å². The van der Waals surface area contributed by atoms with Gasteiger partial charge in [-0.2, -0.15) is 13.2 Å². The molecule has 0 spiro atoms. The van der Waals surface area contributed by atoms with Gasteiger partial charge in [0, 0.05) is 5.56 Å². The van der Waals surface area contributed by atoms with Crippen LogP contribution in [0.3, 0.4) is 0 Å². The Bertz CT molecular complexity index is 556. The number of anilines is 1. The summed E-state index contributed by atoms with van der Waals surface area (Å²) in [4.78, 5) is 11.3. The van der Waals surface area contributed by atoms with Crippen LogP contribution in [0.2, 0.25) is 0 Å². The second-order valence-corrected chi connectivity index (χ2v) is 3.61. The molecule has 0 saturated carbocycles. The number of hydrogen-bond donors (Lipinski definition) is 1. The molecule has 0 fully saturated rings. The molecule has 1 unspecified atom stereocenters. The van der Waals surface area contributed by atoms with Crippen molar-refractivity contribution in [1.82, 2.24) is 0 Å². The zero-order chi connectivity index (χ0) is 13.4. The molecule has 1 aliphatic rings. The minimum atomic E-state index is -4.82. The van der Waals surface area contributed by atoms with Crippen molar-refractivity contribution in [3.8, 4) is 11.8 Å². The normalized spacial score (nSPS) is 22.1. The molecular weight excluding hydrogens is 247 g/mol. The number of hydrogen-bond acceptors (Lipinski definition) is 2. The number of rotatable bonds is 0. The first kappa shape index (κ1) is 12.3. The van der Waals surface area contributed by atoms with Gasteiger partial charge < -0.3 is 4.74 Å². The molecule has 1 atom stereocenters. The van der Waals surface area contributed by atoms with E-state index in [-0.39, 0.29) is 11.3 Å². The number of ether oxygens (including phenoxy) is 1. The molecule has 6 heteroatoms. The standard InChI is InChI=1S/C12H8F3NO2/c1-2-7-11(12(13,14)15)8-5-3-4-6-9(8)16-10(17)18-11/h3-6H,1H3,(H,16,17). The van der Waals surface area contributed by atoms with E-state index in [1.165, 1.54) is 31.2 Å². The predicted molar refractivity (Wildman–Crippen MR) is 57.7 cm³/mol. The second-order valence-electron chi connectivity index (χ2n) is 3.61. The van der Waals surface area contributed by atoms with Gasteiger partial charge in [0.25, 0.3) is 5.60 Å². The van der Waals surface area contributed by atoms with Crippen LogP contribution in [0.4, 0.5) is 23.7 Å². The number of benzene rings is 1. The van der Waals surface area contributed by atoms with Crippen molar-refractivity contribution in [3.05, 3.63) is 29.8 Å². The van der Waals surface area contributed by atoms with Crippen LogP contribution in [0.5, 0.6) is 0 Å². The molecule has 1 heterocycles. The lowest BCUT2D eigenvalue weighted by molar-refractivity contribution is -0.239. The summed E-state index contributed by atoms with van der Waals surface area (Å²) in [5.74, 6) is 4.14. The number of carbonyl (C=O) groups excluding carboxylic acids is 1. The number of fused-ring (bicyclic) bond motifs is 1. The highest BCUT2D eigenvalue weighted by atomic mass is 19.4. The molecule has 18 heavy (non-hydrogen) atoms. The summed E-state index contributed by atoms with van der Waals surface area (Å²) in [6.45, 7) is 1.26. The fraction of sp³-hybridized carbons (Fsp3) is 0.250. The van der Waals surface area contributed by atoms with Crippen LogP contribution in [0.25, 0.3) is 0 Å². The van der Waals surface area contributed by atoms with Gasteiger partial charge in [0.05, 0.1) is 5.69 Å². The van der Waals surface area contributed by atoms with Crippen LogP contribution in [-0.4, -0.2) is 12.3 Å². The summed E-state index contributed by atoms with van der Waals surface area (Å²) in [7, 11) is 0. The molecule has 0 aromatic heterocycles. The fourth-order valence-electron chi connectivity index (χ4n) is 1.78. The van der Waals surface area contributed by atoms with Gasteiger partial charge in [0.15, 0.2) is 0 Å². The Kier molecular flexibility index (Phi) is 2.70. The summed E-state index contributed by atoms with van der Waals surface area (Å²) in [6, 6.07) is 5.54. The number of cyclic esters (lactones) is 1. The van der Waals surface area contributed by atoms with Crippen LogP contribution < -0.4 is 5.32 Å². The molecule has 1 N–H and O–H groups in total. The van der Waals surface area contributed by atoms with E-state index in [1.807, 2.05) is 5.92 Å². The van der Waals surface area contributed by atoms with E-state index in [4.69, 9.17) is 0 Å². The van der Waals surface area contributed by atoms with Crippen molar-refractivity contribution >= 4 is 11.8 Å². The Balaban J connectivity index is 2.74. The molecule has 0 aliphatic carbocycles. The van der Waals surface area contributed by atoms with Crippen molar-refractivity contribution in [3.63, 3.8) is 0 Å². The molecular formula is C12H8F3NO2. The van der Waals surface area contributed by atoms with Gasteiger partial charge in [-0.15, -0.1) is 5.92 Å². The first-order valence-electron chi connectivity index (χ1n) is 5.01. The average molecular weight is 255 g/mol. The van der Waals surface area contributed by atoms with Crippen LogP contribution in [0.1, 0.15) is 12.5 Å². The number of carbonyl (C=O) groups is 1. The minimum Gasteiger partial charge on any atom is -0.415 e. The predicted octanol–water partition coefficient (Wildman–Crippen LogP) is 3.03. The molecule has 2 rings (SSSR count). The molecule has 3 nitrogen and oxygen atoms in total. The Morgan fingerprint density at radius 1 is 1.33 bits per heavy atom. The van der Waals surface area contributed by atoms with E-state index < -0.39 is 17.9 Å². The fourth-order valence-corrected chi connectivity index (χ4v) is 1.78. The van der Waals surface area contributed by atoms with Crippen molar-refractivity contribution < 1.29 is 22.7 Å². The van der Waals surface area contributed by atoms with Gasteiger partial charge in [-0.25, -0.2) is 4.79 Å². The molecule has 0 radical (unpaired) electrons. The second kappa shape index (κ2) is 3.95. The van der Waals surface area contributed by atoms with Crippen LogP contribution in [0, 0.1) is 11.8 Å². The third-order valence-corrected chi connectivity index (χ3v) is 2.49. The monoisotopic (exact) mass is 255 g/mol. The Labute approximate surface area is 101 Å². The molecule has 1 aliphatic heterocycles. The van der Waals surface area contributed by atoms with E-state index in [9.17, 15) is 18.0 Å². The molecule has 1 aromatic rings. The largest absolute Gasteiger partial charge is 0.445 e. The summed E-state index contributed by atoms with van der Waals surface area (Å²) >= 11 is 0. The zero-order valence-corrected chi connectivity index (χ0v) is 9.26. The number of para-hydroxylation sites is 1. The number of amides is 1. The number of alkyl halides is 3. The minimum absolute atomic E-state index is 0.0498. The maximum Gasteiger partial charge on any atom is 0.445 e. The van der Waals surface area contributed by atoms with E-state index in [0.717, 1.165) is 0 Å². The average Bonchev–Trinajstić information content (AvgIpc) is 2.27. The van der Waals surface area contributed by atoms with Crippen LogP contribution in [0.15, 0.2) is 24.3 Å². The lowest BCUT2D eigenvalue weighted by atomic mass is 9.90. The first-order valence-corrected chi connectivity index (χ1v) is 5.01. The van der Waals surface area contributed by atoms with Crippen molar-refractivity contribution in [2.24, 2.45) is 0 Å². The molecule has 0 bridgehead atoms. The third-order valence-electron chi connectivity index (χ3n) is 2.49. The molecule has 1 amide bonds. The van der Waals surface area contributed by atoms with E-state index in [2.05, 4.69) is 16.0 Å². The molecule has 94 valence electrons. The van der Waals surface area contributed by atoms with E-state index >= 15 is 0 Å². The lowest BCUT2D eigenvalue weighted by Crippen LogP contribution is -2.49. The highest BCUT2D eigenvalue weighted by Gasteiger charge is 2.61. The Morgan fingerprint density at radius 3 is 2.61 bits per heavy atom. The third kappa shape index (κ3) is 1.68. The first-order chi connectivity index (χ1) is 8.40. The lowest BCUT2D eigenvalue weighted by Gasteiger charge is -2.35. The van der Waals surface area contributed by atoms with E-state index in [0.29, 0.717) is 0 Å². The van der Waals surface area contributed by atoms with Gasteiger partial charge in [-0.1, -0.05) is 18.2 Å². The zero-order valence-electron chi connectivity index (χ0n) is 9.26. The Hall–Kier alpha value is -2.16. The van der Waals surface area contributed by atoms with Crippen molar-refractivity contribution in [1.29, 1.82) is 0 Å². The van der Waals surface area contributed by atoms with Gasteiger partial charge in [0.2, 0.25) is 0 Å². The summed E-state index contributed by atoms with van der Waals surface area (Å²) in [5.41, 5.74) is -3.07. The van der Waals surface area contributed by atoms with Gasteiger partial charge >= 0.3 is 12.3 Å². The quantitative estimate of drug-likeness (QED) is 0.723. The smallest absolute Gasteiger partial charge is 0.415 e. The maximum absolute atomic E-state index is 13.2. The van der Waals surface area contributed by atoms with Gasteiger partial charge in [0.1, 0.15) is 0 Å². The summed E-state index contributed by atoms with van der Waals surface area (Å²) in [5, 5.41) is 2.22. The summed E-state index contributed by atoms with van der Waals surface area (Å²) < 4.78 is 44.1. The summed E-state index contributed by atoms with van der Waals surface area (Å²) in [6.07, 6.45) is -5.99. The molecule has 1 aromatic carbocycles. The van der Waals surface area contributed by atoms with Gasteiger partial charge in [-0.05, 0) is 18.9 Å². The highest BCUT2D eigenvalue weighted by molar-refractivity contribution is 5.89. The van der Waals surface area contributed by atoms with Crippen molar-refractivity contribution in [2.45, 2.75) is 18.7 Å². The highest BCUT2D eigenvalue weighted by Crippen LogP contribution is 2.46. The van der Waals surface area contributed by atoms with Gasteiger partial charge in [-0.3, -0.25) is 5.32 Å². The maximum atomic E-state index is 13.2. The molecule has 0 saturated heterocycles. The Morgan fingerprint density at radius 2 is 2.00 bits per heavy atom.